The summed E-state index contributed by atoms with van der Waals surface area (Å²) >= 11 is 0. The van der Waals surface area contributed by atoms with E-state index in [1.54, 1.807) is 12.1 Å². The van der Waals surface area contributed by atoms with Gasteiger partial charge in [0.15, 0.2) is 0 Å². The monoisotopic (exact) mass is 341 g/mol. The van der Waals surface area contributed by atoms with Gasteiger partial charge in [-0.3, -0.25) is 0 Å². The Morgan fingerprint density at radius 2 is 1.54 bits per heavy atom. The number of benzene rings is 3. The number of ether oxygens (including phenoxy) is 1. The molecule has 0 saturated carbocycles. The second kappa shape index (κ2) is 7.47. The fourth-order valence-corrected chi connectivity index (χ4v) is 3.60. The quantitative estimate of drug-likeness (QED) is 0.671. The third kappa shape index (κ3) is 4.57. The van der Waals surface area contributed by atoms with E-state index < -0.39 is 10.0 Å². The molecule has 0 radical (unpaired) electrons. The predicted molar refractivity (Wildman–Crippen MR) is 96.5 cm³/mol. The fourth-order valence-electron chi connectivity index (χ4n) is 2.47. The van der Waals surface area contributed by atoms with Crippen molar-refractivity contribution in [3.05, 3.63) is 78.4 Å². The molecule has 24 heavy (non-hydrogen) atoms. The van der Waals surface area contributed by atoms with Crippen molar-refractivity contribution in [2.45, 2.75) is 5.75 Å². The van der Waals surface area contributed by atoms with Gasteiger partial charge in [-0.25, -0.2) is 13.1 Å². The Kier molecular flexibility index (Phi) is 5.13. The maximum atomic E-state index is 12.0. The van der Waals surface area contributed by atoms with Gasteiger partial charge in [-0.2, -0.15) is 0 Å². The summed E-state index contributed by atoms with van der Waals surface area (Å²) in [5, 5.41) is 2.24. The van der Waals surface area contributed by atoms with Gasteiger partial charge in [0.1, 0.15) is 12.4 Å². The first-order valence-corrected chi connectivity index (χ1v) is 9.40. The fraction of sp³-hybridized carbons (Fsp3) is 0.158. The van der Waals surface area contributed by atoms with E-state index in [-0.39, 0.29) is 18.9 Å². The second-order valence-electron chi connectivity index (χ2n) is 5.50. The minimum absolute atomic E-state index is 0.0240. The van der Waals surface area contributed by atoms with Gasteiger partial charge in [0.2, 0.25) is 10.0 Å². The van der Waals surface area contributed by atoms with Gasteiger partial charge in [0.05, 0.1) is 5.75 Å². The lowest BCUT2D eigenvalue weighted by atomic mass is 10.1. The van der Waals surface area contributed by atoms with Gasteiger partial charge in [-0.1, -0.05) is 60.7 Å². The lowest BCUT2D eigenvalue weighted by Crippen LogP contribution is -2.29. The average molecular weight is 341 g/mol. The highest BCUT2D eigenvalue weighted by molar-refractivity contribution is 7.88. The Balaban J connectivity index is 1.50. The van der Waals surface area contributed by atoms with Gasteiger partial charge < -0.3 is 4.74 Å². The minimum atomic E-state index is -3.35. The molecule has 0 heterocycles. The van der Waals surface area contributed by atoms with Crippen LogP contribution in [-0.4, -0.2) is 21.6 Å². The highest BCUT2D eigenvalue weighted by Crippen LogP contribution is 2.20. The van der Waals surface area contributed by atoms with E-state index >= 15 is 0 Å². The maximum absolute atomic E-state index is 12.0. The summed E-state index contributed by atoms with van der Waals surface area (Å²) in [6.45, 7) is 0.522. The highest BCUT2D eigenvalue weighted by atomic mass is 32.2. The molecular formula is C19H19NO3S. The van der Waals surface area contributed by atoms with Crippen molar-refractivity contribution in [2.75, 3.05) is 13.2 Å². The standard InChI is InChI=1S/C19H19NO3S/c21-24(22,15-16-6-2-1-3-7-16)20-12-13-23-19-11-10-17-8-4-5-9-18(17)14-19/h1-11,14,20H,12-13,15H2. The van der Waals surface area contributed by atoms with Crippen LogP contribution < -0.4 is 9.46 Å². The Morgan fingerprint density at radius 1 is 0.833 bits per heavy atom. The summed E-state index contributed by atoms with van der Waals surface area (Å²) in [7, 11) is -3.35. The van der Waals surface area contributed by atoms with Crippen molar-refractivity contribution >= 4 is 20.8 Å². The minimum Gasteiger partial charge on any atom is -0.492 e. The molecule has 0 aromatic heterocycles. The first-order chi connectivity index (χ1) is 11.6. The summed E-state index contributed by atoms with van der Waals surface area (Å²) < 4.78 is 32.2. The molecule has 0 unspecified atom stereocenters. The third-order valence-electron chi connectivity index (χ3n) is 3.61. The number of hydrogen-bond donors (Lipinski definition) is 1. The van der Waals surface area contributed by atoms with Crippen LogP contribution in [-0.2, 0) is 15.8 Å². The van der Waals surface area contributed by atoms with Crippen LogP contribution in [0.4, 0.5) is 0 Å². The van der Waals surface area contributed by atoms with Crippen LogP contribution in [0.2, 0.25) is 0 Å². The van der Waals surface area contributed by atoms with Crippen molar-refractivity contribution in [1.29, 1.82) is 0 Å². The molecular weight excluding hydrogens is 322 g/mol. The Hall–Kier alpha value is -2.37. The number of fused-ring (bicyclic) bond motifs is 1. The van der Waals surface area contributed by atoms with E-state index in [1.165, 1.54) is 0 Å². The molecule has 124 valence electrons. The number of sulfonamides is 1. The van der Waals surface area contributed by atoms with Crippen LogP contribution in [0.3, 0.4) is 0 Å². The van der Waals surface area contributed by atoms with Crippen LogP contribution in [0.25, 0.3) is 10.8 Å². The summed E-state index contributed by atoms with van der Waals surface area (Å²) in [4.78, 5) is 0. The summed E-state index contributed by atoms with van der Waals surface area (Å²) in [5.41, 5.74) is 0.764. The van der Waals surface area contributed by atoms with Crippen LogP contribution in [0, 0.1) is 0 Å². The van der Waals surface area contributed by atoms with Gasteiger partial charge in [-0.15, -0.1) is 0 Å². The smallest absolute Gasteiger partial charge is 0.215 e. The highest BCUT2D eigenvalue weighted by Gasteiger charge is 2.10. The zero-order valence-corrected chi connectivity index (χ0v) is 14.0. The Labute approximate surface area is 142 Å². The largest absolute Gasteiger partial charge is 0.492 e. The molecule has 0 aliphatic carbocycles. The van der Waals surface area contributed by atoms with Crippen molar-refractivity contribution in [3.8, 4) is 5.75 Å². The maximum Gasteiger partial charge on any atom is 0.215 e. The van der Waals surface area contributed by atoms with Crippen LogP contribution >= 0.6 is 0 Å². The van der Waals surface area contributed by atoms with Crippen molar-refractivity contribution in [2.24, 2.45) is 0 Å². The summed E-state index contributed by atoms with van der Waals surface area (Å²) in [6, 6.07) is 23.0. The molecule has 0 amide bonds. The molecule has 0 fully saturated rings. The number of hydrogen-bond acceptors (Lipinski definition) is 3. The van der Waals surface area contributed by atoms with E-state index in [1.807, 2.05) is 60.7 Å². The lowest BCUT2D eigenvalue weighted by molar-refractivity contribution is 0.323. The van der Waals surface area contributed by atoms with E-state index in [2.05, 4.69) is 4.72 Å². The van der Waals surface area contributed by atoms with Crippen molar-refractivity contribution in [1.82, 2.24) is 4.72 Å². The molecule has 0 aliphatic rings. The van der Waals surface area contributed by atoms with E-state index in [0.29, 0.717) is 0 Å². The van der Waals surface area contributed by atoms with Crippen LogP contribution in [0.1, 0.15) is 5.56 Å². The van der Waals surface area contributed by atoms with Gasteiger partial charge in [0, 0.05) is 6.54 Å². The third-order valence-corrected chi connectivity index (χ3v) is 4.97. The van der Waals surface area contributed by atoms with E-state index in [4.69, 9.17) is 4.74 Å². The molecule has 5 heteroatoms. The first kappa shape index (κ1) is 16.5. The molecule has 0 saturated heterocycles. The molecule has 3 aromatic carbocycles. The molecule has 0 aliphatic heterocycles. The predicted octanol–water partition coefficient (Wildman–Crippen LogP) is 3.34. The van der Waals surface area contributed by atoms with Gasteiger partial charge >= 0.3 is 0 Å². The molecule has 3 rings (SSSR count). The molecule has 0 spiro atoms. The average Bonchev–Trinajstić information content (AvgIpc) is 2.59. The van der Waals surface area contributed by atoms with Crippen molar-refractivity contribution in [3.63, 3.8) is 0 Å². The van der Waals surface area contributed by atoms with Crippen LogP contribution in [0.15, 0.2) is 72.8 Å². The molecule has 1 N–H and O–H groups in total. The molecule has 0 atom stereocenters. The summed E-state index contributed by atoms with van der Waals surface area (Å²) in [5.74, 6) is 0.708. The second-order valence-corrected chi connectivity index (χ2v) is 7.30. The lowest BCUT2D eigenvalue weighted by Gasteiger charge is -2.09. The molecule has 3 aromatic rings. The van der Waals surface area contributed by atoms with E-state index in [0.717, 1.165) is 22.1 Å². The molecule has 0 bridgehead atoms. The zero-order chi connectivity index (χ0) is 16.8. The van der Waals surface area contributed by atoms with Gasteiger partial charge in [-0.05, 0) is 28.5 Å². The summed E-state index contributed by atoms with van der Waals surface area (Å²) in [6.07, 6.45) is 0. The van der Waals surface area contributed by atoms with E-state index in [9.17, 15) is 8.42 Å². The van der Waals surface area contributed by atoms with Crippen molar-refractivity contribution < 1.29 is 13.2 Å². The topological polar surface area (TPSA) is 55.4 Å². The Morgan fingerprint density at radius 3 is 2.33 bits per heavy atom. The van der Waals surface area contributed by atoms with Gasteiger partial charge in [0.25, 0.3) is 0 Å². The molecule has 4 nitrogen and oxygen atoms in total. The Bertz CT molecular complexity index is 908. The zero-order valence-electron chi connectivity index (χ0n) is 13.2. The number of nitrogens with one attached hydrogen (secondary N) is 1. The number of rotatable bonds is 7. The SMILES string of the molecule is O=S(=O)(Cc1ccccc1)NCCOc1ccc2ccccc2c1. The normalized spacial score (nSPS) is 11.5. The van der Waals surface area contributed by atoms with Crippen LogP contribution in [0.5, 0.6) is 5.75 Å². The first-order valence-electron chi connectivity index (χ1n) is 7.75.